The topological polar surface area (TPSA) is 145 Å². The molecule has 1 aromatic carbocycles. The molecular formula is C16H20N2O8. The lowest BCUT2D eigenvalue weighted by Gasteiger charge is -2.24. The fraction of sp³-hybridized carbons (Fsp3) is 0.438. The Bertz CT molecular complexity index is 659. The van der Waals surface area contributed by atoms with Gasteiger partial charge in [0.1, 0.15) is 12.6 Å². The van der Waals surface area contributed by atoms with E-state index in [1.807, 2.05) is 0 Å². The number of ether oxygens (including phenoxy) is 2. The second-order valence-electron chi connectivity index (χ2n) is 5.28. The Morgan fingerprint density at radius 1 is 1.27 bits per heavy atom. The second kappa shape index (κ2) is 10.1. The lowest BCUT2D eigenvalue weighted by molar-refractivity contribution is -0.384. The average Bonchev–Trinajstić information content (AvgIpc) is 2.58. The zero-order valence-electron chi connectivity index (χ0n) is 14.3. The van der Waals surface area contributed by atoms with Gasteiger partial charge in [-0.1, -0.05) is 12.1 Å². The van der Waals surface area contributed by atoms with E-state index < -0.39 is 34.7 Å². The molecule has 0 spiro atoms. The minimum Gasteiger partial charge on any atom is -0.480 e. The number of carboxylic acids is 1. The van der Waals surface area contributed by atoms with Crippen molar-refractivity contribution in [2.24, 2.45) is 0 Å². The van der Waals surface area contributed by atoms with Crippen LogP contribution in [0, 0.1) is 10.1 Å². The molecule has 1 rings (SSSR count). The molecule has 1 aromatic rings. The molecule has 0 aliphatic carbocycles. The molecule has 142 valence electrons. The largest absolute Gasteiger partial charge is 0.480 e. The molecule has 0 aromatic heterocycles. The van der Waals surface area contributed by atoms with Crippen LogP contribution in [0.25, 0.3) is 0 Å². The van der Waals surface area contributed by atoms with E-state index >= 15 is 0 Å². The lowest BCUT2D eigenvalue weighted by atomic mass is 9.88. The number of carboxylic acid groups (broad SMARTS) is 1. The number of nitrogens with zero attached hydrogens (tertiary/aromatic N) is 1. The summed E-state index contributed by atoms with van der Waals surface area (Å²) in [6, 6.07) is 3.65. The number of hydrogen-bond donors (Lipinski definition) is 2. The number of aliphatic carboxylic acids is 1. The zero-order valence-corrected chi connectivity index (χ0v) is 14.3. The van der Waals surface area contributed by atoms with Gasteiger partial charge in [0.05, 0.1) is 18.0 Å². The Balaban J connectivity index is 3.18. The Kier molecular flexibility index (Phi) is 8.16. The monoisotopic (exact) mass is 368 g/mol. The van der Waals surface area contributed by atoms with Crippen molar-refractivity contribution < 1.29 is 33.9 Å². The van der Waals surface area contributed by atoms with Crippen molar-refractivity contribution in [3.05, 3.63) is 39.9 Å². The number of methoxy groups -OCH3 is 1. The van der Waals surface area contributed by atoms with E-state index in [4.69, 9.17) is 4.74 Å². The molecule has 1 amide bonds. The molecule has 26 heavy (non-hydrogen) atoms. The number of rotatable bonds is 10. The molecule has 0 fully saturated rings. The zero-order chi connectivity index (χ0) is 19.7. The van der Waals surface area contributed by atoms with Crippen molar-refractivity contribution >= 4 is 23.5 Å². The van der Waals surface area contributed by atoms with Gasteiger partial charge in [0.15, 0.2) is 0 Å². The molecule has 2 atom stereocenters. The summed E-state index contributed by atoms with van der Waals surface area (Å²) < 4.78 is 9.52. The van der Waals surface area contributed by atoms with E-state index in [9.17, 15) is 29.6 Å². The number of nitro groups is 1. The van der Waals surface area contributed by atoms with Gasteiger partial charge in [-0.2, -0.15) is 0 Å². The number of carbonyl (C=O) groups is 3. The van der Waals surface area contributed by atoms with Gasteiger partial charge >= 0.3 is 11.9 Å². The first-order valence-corrected chi connectivity index (χ1v) is 7.71. The van der Waals surface area contributed by atoms with Crippen LogP contribution in [-0.4, -0.2) is 54.2 Å². The van der Waals surface area contributed by atoms with Crippen LogP contribution in [0.3, 0.4) is 0 Å². The Hall–Kier alpha value is -3.01. The number of non-ortho nitro benzene ring substituents is 1. The highest BCUT2D eigenvalue weighted by molar-refractivity contribution is 5.86. The van der Waals surface area contributed by atoms with Crippen molar-refractivity contribution in [2.75, 3.05) is 20.3 Å². The summed E-state index contributed by atoms with van der Waals surface area (Å²) in [5, 5.41) is 22.6. The van der Waals surface area contributed by atoms with Crippen molar-refractivity contribution in [3.8, 4) is 0 Å². The van der Waals surface area contributed by atoms with Crippen LogP contribution in [0.2, 0.25) is 0 Å². The molecule has 2 N–H and O–H groups in total. The summed E-state index contributed by atoms with van der Waals surface area (Å²) in [5.41, 5.74) is 0.160. The normalized spacial score (nSPS) is 12.7. The standard InChI is InChI=1S/C16H20N2O8/c1-3-26-14(20)8-12(10-4-6-11(7-5-10)18(23)24)15(16(21)22)17-13(19)9-25-2/h4-7,12,15H,3,8-9H2,1-2H3,(H,17,19)(H,21,22)/t12-,15+/m0/s1. The SMILES string of the molecule is CCOC(=O)C[C@@H](c1ccc([N+](=O)[O-])cc1)[C@@H](NC(=O)COC)C(=O)O. The molecule has 0 heterocycles. The molecule has 0 radical (unpaired) electrons. The van der Waals surface area contributed by atoms with E-state index in [1.54, 1.807) is 6.92 Å². The van der Waals surface area contributed by atoms with Gasteiger partial charge in [-0.25, -0.2) is 4.79 Å². The number of benzene rings is 1. The van der Waals surface area contributed by atoms with Crippen LogP contribution in [0.5, 0.6) is 0 Å². The van der Waals surface area contributed by atoms with Gasteiger partial charge in [0.2, 0.25) is 5.91 Å². The number of amides is 1. The van der Waals surface area contributed by atoms with Gasteiger partial charge in [0, 0.05) is 25.2 Å². The Labute approximate surface area is 149 Å². The van der Waals surface area contributed by atoms with Crippen molar-refractivity contribution in [2.45, 2.75) is 25.3 Å². The van der Waals surface area contributed by atoms with E-state index in [1.165, 1.54) is 31.4 Å². The highest BCUT2D eigenvalue weighted by atomic mass is 16.6. The molecule has 0 aliphatic rings. The van der Waals surface area contributed by atoms with Gasteiger partial charge in [-0.3, -0.25) is 19.7 Å². The van der Waals surface area contributed by atoms with Crippen LogP contribution in [0.1, 0.15) is 24.8 Å². The fourth-order valence-electron chi connectivity index (χ4n) is 2.35. The van der Waals surface area contributed by atoms with Gasteiger partial charge in [-0.05, 0) is 12.5 Å². The first-order valence-electron chi connectivity index (χ1n) is 7.71. The van der Waals surface area contributed by atoms with Crippen LogP contribution in [0.15, 0.2) is 24.3 Å². The molecule has 10 nitrogen and oxygen atoms in total. The van der Waals surface area contributed by atoms with Crippen LogP contribution < -0.4 is 5.32 Å². The predicted octanol–water partition coefficient (Wildman–Crippen LogP) is 0.847. The second-order valence-corrected chi connectivity index (χ2v) is 5.28. The quantitative estimate of drug-likeness (QED) is 0.351. The van der Waals surface area contributed by atoms with E-state index in [-0.39, 0.29) is 25.3 Å². The van der Waals surface area contributed by atoms with Gasteiger partial charge < -0.3 is 19.9 Å². The summed E-state index contributed by atoms with van der Waals surface area (Å²) in [7, 11) is 1.28. The maximum Gasteiger partial charge on any atom is 0.326 e. The highest BCUT2D eigenvalue weighted by Gasteiger charge is 2.33. The van der Waals surface area contributed by atoms with Gasteiger partial charge in [-0.15, -0.1) is 0 Å². The first-order chi connectivity index (χ1) is 12.3. The molecular weight excluding hydrogens is 348 g/mol. The third-order valence-electron chi connectivity index (χ3n) is 3.48. The van der Waals surface area contributed by atoms with Crippen LogP contribution in [-0.2, 0) is 23.9 Å². The highest BCUT2D eigenvalue weighted by Crippen LogP contribution is 2.27. The Morgan fingerprint density at radius 2 is 1.88 bits per heavy atom. The summed E-state index contributed by atoms with van der Waals surface area (Å²) in [6.07, 6.45) is -0.324. The molecule has 0 saturated heterocycles. The van der Waals surface area contributed by atoms with Gasteiger partial charge in [0.25, 0.3) is 5.69 Å². The number of nitrogens with one attached hydrogen (secondary N) is 1. The maximum absolute atomic E-state index is 11.9. The average molecular weight is 368 g/mol. The number of esters is 1. The van der Waals surface area contributed by atoms with E-state index in [2.05, 4.69) is 10.1 Å². The molecule has 0 saturated carbocycles. The first kappa shape index (κ1) is 21.0. The molecule has 0 aliphatic heterocycles. The number of carbonyl (C=O) groups excluding carboxylic acids is 2. The summed E-state index contributed by atoms with van der Waals surface area (Å²) in [6.45, 7) is 1.36. The molecule has 0 bridgehead atoms. The minimum atomic E-state index is -1.44. The lowest BCUT2D eigenvalue weighted by Crippen LogP contribution is -2.46. The van der Waals surface area contributed by atoms with Crippen molar-refractivity contribution in [1.29, 1.82) is 0 Å². The number of nitro benzene ring substituents is 1. The van der Waals surface area contributed by atoms with Crippen LogP contribution >= 0.6 is 0 Å². The van der Waals surface area contributed by atoms with Crippen molar-refractivity contribution in [3.63, 3.8) is 0 Å². The predicted molar refractivity (Wildman–Crippen MR) is 88.5 cm³/mol. The van der Waals surface area contributed by atoms with Crippen molar-refractivity contribution in [1.82, 2.24) is 5.32 Å². The summed E-state index contributed by atoms with van der Waals surface area (Å²) in [4.78, 5) is 45.4. The van der Waals surface area contributed by atoms with E-state index in [0.29, 0.717) is 5.56 Å². The van der Waals surface area contributed by atoms with Crippen LogP contribution in [0.4, 0.5) is 5.69 Å². The minimum absolute atomic E-state index is 0.111. The molecule has 0 unspecified atom stereocenters. The summed E-state index contributed by atoms with van der Waals surface area (Å²) in [5.74, 6) is -3.66. The number of hydrogen-bond acceptors (Lipinski definition) is 7. The third kappa shape index (κ3) is 6.13. The third-order valence-corrected chi connectivity index (χ3v) is 3.48. The summed E-state index contributed by atoms with van der Waals surface area (Å²) >= 11 is 0. The maximum atomic E-state index is 11.9. The van der Waals surface area contributed by atoms with E-state index in [0.717, 1.165) is 0 Å². The fourth-order valence-corrected chi connectivity index (χ4v) is 2.35. The Morgan fingerprint density at radius 3 is 2.35 bits per heavy atom. The smallest absolute Gasteiger partial charge is 0.326 e. The molecule has 10 heteroatoms.